The van der Waals surface area contributed by atoms with Crippen molar-refractivity contribution in [1.29, 1.82) is 0 Å². The molecule has 0 aromatic heterocycles. The van der Waals surface area contributed by atoms with Crippen LogP contribution in [0.15, 0.2) is 0 Å². The number of esters is 1. The van der Waals surface area contributed by atoms with Gasteiger partial charge in [0.15, 0.2) is 0 Å². The van der Waals surface area contributed by atoms with Gasteiger partial charge in [0.1, 0.15) is 6.61 Å². The lowest BCUT2D eigenvalue weighted by Crippen LogP contribution is -2.06. The fraction of sp³-hybridized carbons (Fsp3) is 0.600. The molecule has 0 bridgehead atoms. The van der Waals surface area contributed by atoms with Crippen LogP contribution in [0.3, 0.4) is 0 Å². The molecule has 0 aliphatic carbocycles. The van der Waals surface area contributed by atoms with E-state index in [-0.39, 0.29) is 5.97 Å². The monoisotopic (exact) mass is 99.0 g/mol. The molecule has 0 aromatic rings. The highest BCUT2D eigenvalue weighted by Gasteiger charge is 2.07. The minimum absolute atomic E-state index is 0.0914. The Bertz CT molecular complexity index is 70.1. The van der Waals surface area contributed by atoms with Crippen LogP contribution in [0.1, 0.15) is 19.3 Å². The van der Waals surface area contributed by atoms with Gasteiger partial charge in [0.2, 0.25) is 0 Å². The third-order valence-corrected chi connectivity index (χ3v) is 0.918. The molecule has 1 aliphatic rings. The molecule has 0 N–H and O–H groups in total. The number of hydrogen-bond acceptors (Lipinski definition) is 2. The van der Waals surface area contributed by atoms with Gasteiger partial charge in [-0.25, -0.2) is 0 Å². The average molecular weight is 99.1 g/mol. The zero-order valence-corrected chi connectivity index (χ0v) is 4.02. The van der Waals surface area contributed by atoms with Crippen LogP contribution in [0, 0.1) is 6.61 Å². The Morgan fingerprint density at radius 2 is 2.57 bits per heavy atom. The summed E-state index contributed by atoms with van der Waals surface area (Å²) in [4.78, 5) is 10.2. The molecule has 0 saturated carbocycles. The molecule has 1 aliphatic heterocycles. The van der Waals surface area contributed by atoms with E-state index in [9.17, 15) is 4.79 Å². The van der Waals surface area contributed by atoms with Crippen LogP contribution in [-0.2, 0) is 9.53 Å². The minimum Gasteiger partial charge on any atom is -0.458 e. The number of rotatable bonds is 0. The van der Waals surface area contributed by atoms with Gasteiger partial charge in [0, 0.05) is 6.42 Å². The standard InChI is InChI=1S/C5H7O2/c6-5-3-1-2-4-7-5/h4H,1-3H2. The van der Waals surface area contributed by atoms with Gasteiger partial charge in [-0.3, -0.25) is 4.79 Å². The highest BCUT2D eigenvalue weighted by molar-refractivity contribution is 5.70. The van der Waals surface area contributed by atoms with E-state index in [4.69, 9.17) is 0 Å². The van der Waals surface area contributed by atoms with Crippen molar-refractivity contribution in [3.05, 3.63) is 6.61 Å². The molecule has 0 aromatic carbocycles. The van der Waals surface area contributed by atoms with Crippen molar-refractivity contribution in [1.82, 2.24) is 0 Å². The van der Waals surface area contributed by atoms with Crippen LogP contribution in [0.5, 0.6) is 0 Å². The molecular weight excluding hydrogens is 92.1 g/mol. The molecule has 2 nitrogen and oxygen atoms in total. The smallest absolute Gasteiger partial charge is 0.306 e. The second kappa shape index (κ2) is 1.96. The number of hydrogen-bond donors (Lipinski definition) is 0. The van der Waals surface area contributed by atoms with E-state index in [0.717, 1.165) is 12.8 Å². The van der Waals surface area contributed by atoms with E-state index in [2.05, 4.69) is 4.74 Å². The Kier molecular flexibility index (Phi) is 1.29. The summed E-state index contributed by atoms with van der Waals surface area (Å²) in [7, 11) is 0. The van der Waals surface area contributed by atoms with E-state index < -0.39 is 0 Å². The molecule has 1 radical (unpaired) electrons. The summed E-state index contributed by atoms with van der Waals surface area (Å²) >= 11 is 0. The number of carbonyl (C=O) groups is 1. The lowest BCUT2D eigenvalue weighted by molar-refractivity contribution is -0.142. The Balaban J connectivity index is 2.25. The van der Waals surface area contributed by atoms with E-state index in [0.29, 0.717) is 6.42 Å². The summed E-state index contributed by atoms with van der Waals surface area (Å²) in [6.45, 7) is 1.56. The van der Waals surface area contributed by atoms with E-state index >= 15 is 0 Å². The summed E-state index contributed by atoms with van der Waals surface area (Å²) in [5, 5.41) is 0. The van der Waals surface area contributed by atoms with Crippen molar-refractivity contribution in [2.24, 2.45) is 0 Å². The SMILES string of the molecule is O=C1CCC[CH]O1. The average Bonchev–Trinajstić information content (AvgIpc) is 1.69. The lowest BCUT2D eigenvalue weighted by atomic mass is 10.2. The van der Waals surface area contributed by atoms with Crippen molar-refractivity contribution >= 4 is 5.97 Å². The van der Waals surface area contributed by atoms with Gasteiger partial charge in [-0.2, -0.15) is 0 Å². The van der Waals surface area contributed by atoms with Crippen molar-refractivity contribution in [2.45, 2.75) is 19.3 Å². The van der Waals surface area contributed by atoms with Crippen LogP contribution in [0.4, 0.5) is 0 Å². The molecule has 0 unspecified atom stereocenters. The predicted octanol–water partition coefficient (Wildman–Crippen LogP) is 0.875. The van der Waals surface area contributed by atoms with Gasteiger partial charge in [0.25, 0.3) is 0 Å². The molecule has 0 amide bonds. The minimum atomic E-state index is -0.0914. The largest absolute Gasteiger partial charge is 0.458 e. The van der Waals surface area contributed by atoms with Crippen LogP contribution in [0.25, 0.3) is 0 Å². The molecule has 2 heteroatoms. The molecule has 1 fully saturated rings. The van der Waals surface area contributed by atoms with Gasteiger partial charge >= 0.3 is 5.97 Å². The van der Waals surface area contributed by atoms with Crippen LogP contribution in [-0.4, -0.2) is 5.97 Å². The summed E-state index contributed by atoms with van der Waals surface area (Å²) in [6.07, 6.45) is 2.47. The van der Waals surface area contributed by atoms with Gasteiger partial charge in [-0.1, -0.05) is 0 Å². The Morgan fingerprint density at radius 1 is 1.71 bits per heavy atom. The molecule has 39 valence electrons. The van der Waals surface area contributed by atoms with Crippen LogP contribution < -0.4 is 0 Å². The highest BCUT2D eigenvalue weighted by atomic mass is 16.5. The fourth-order valence-electron chi connectivity index (χ4n) is 0.541. The molecule has 0 spiro atoms. The number of ether oxygens (including phenoxy) is 1. The fourth-order valence-corrected chi connectivity index (χ4v) is 0.541. The molecule has 0 atom stereocenters. The zero-order valence-electron chi connectivity index (χ0n) is 4.02. The second-order valence-corrected chi connectivity index (χ2v) is 1.55. The first-order chi connectivity index (χ1) is 3.39. The first-order valence-electron chi connectivity index (χ1n) is 2.41. The Labute approximate surface area is 42.5 Å². The normalized spacial score (nSPS) is 21.4. The van der Waals surface area contributed by atoms with E-state index in [1.54, 1.807) is 6.61 Å². The third-order valence-electron chi connectivity index (χ3n) is 0.918. The number of carbonyl (C=O) groups excluding carboxylic acids is 1. The summed E-state index contributed by atoms with van der Waals surface area (Å²) in [5.74, 6) is -0.0914. The predicted molar refractivity (Wildman–Crippen MR) is 24.2 cm³/mol. The van der Waals surface area contributed by atoms with Crippen molar-refractivity contribution in [2.75, 3.05) is 0 Å². The summed E-state index contributed by atoms with van der Waals surface area (Å²) in [6, 6.07) is 0. The quantitative estimate of drug-likeness (QED) is 0.421. The van der Waals surface area contributed by atoms with Crippen LogP contribution in [0.2, 0.25) is 0 Å². The first kappa shape index (κ1) is 4.62. The summed E-state index contributed by atoms with van der Waals surface area (Å²) < 4.78 is 4.51. The van der Waals surface area contributed by atoms with Crippen molar-refractivity contribution in [3.8, 4) is 0 Å². The van der Waals surface area contributed by atoms with Gasteiger partial charge in [-0.05, 0) is 12.8 Å². The van der Waals surface area contributed by atoms with E-state index in [1.807, 2.05) is 0 Å². The van der Waals surface area contributed by atoms with Crippen molar-refractivity contribution in [3.63, 3.8) is 0 Å². The molecule has 1 heterocycles. The van der Waals surface area contributed by atoms with Gasteiger partial charge in [0.05, 0.1) is 0 Å². The van der Waals surface area contributed by atoms with Gasteiger partial charge < -0.3 is 4.74 Å². The second-order valence-electron chi connectivity index (χ2n) is 1.55. The van der Waals surface area contributed by atoms with E-state index in [1.165, 1.54) is 0 Å². The maximum Gasteiger partial charge on any atom is 0.306 e. The molecular formula is C5H7O2. The topological polar surface area (TPSA) is 26.3 Å². The Hall–Kier alpha value is -0.530. The first-order valence-corrected chi connectivity index (χ1v) is 2.41. The summed E-state index contributed by atoms with van der Waals surface area (Å²) in [5.41, 5.74) is 0. The molecule has 1 saturated heterocycles. The number of cyclic esters (lactones) is 1. The Morgan fingerprint density at radius 3 is 2.86 bits per heavy atom. The van der Waals surface area contributed by atoms with Gasteiger partial charge in [-0.15, -0.1) is 0 Å². The highest BCUT2D eigenvalue weighted by Crippen LogP contribution is 2.08. The van der Waals surface area contributed by atoms with Crippen LogP contribution >= 0.6 is 0 Å². The molecule has 7 heavy (non-hydrogen) atoms. The lowest BCUT2D eigenvalue weighted by Gasteiger charge is -2.07. The van der Waals surface area contributed by atoms with Crippen molar-refractivity contribution < 1.29 is 9.53 Å². The maximum atomic E-state index is 10.2. The molecule has 1 rings (SSSR count). The maximum absolute atomic E-state index is 10.2. The zero-order chi connectivity index (χ0) is 5.11. The third kappa shape index (κ3) is 1.18.